The summed E-state index contributed by atoms with van der Waals surface area (Å²) in [6.45, 7) is 5.86. The molecule has 0 bridgehead atoms. The van der Waals surface area contributed by atoms with E-state index in [2.05, 4.69) is 43.4 Å². The van der Waals surface area contributed by atoms with Crippen LogP contribution in [-0.2, 0) is 4.74 Å². The molecule has 3 heteroatoms. The molecule has 0 saturated heterocycles. The van der Waals surface area contributed by atoms with Crippen molar-refractivity contribution in [3.8, 4) is 0 Å². The van der Waals surface area contributed by atoms with Gasteiger partial charge in [-0.25, -0.2) is 0 Å². The van der Waals surface area contributed by atoms with E-state index in [9.17, 15) is 0 Å². The summed E-state index contributed by atoms with van der Waals surface area (Å²) in [6.07, 6.45) is 2.06. The molecule has 1 atom stereocenters. The zero-order valence-corrected chi connectivity index (χ0v) is 11.8. The van der Waals surface area contributed by atoms with Crippen LogP contribution in [0.3, 0.4) is 0 Å². The van der Waals surface area contributed by atoms with Gasteiger partial charge in [0, 0.05) is 18.8 Å². The lowest BCUT2D eigenvalue weighted by Gasteiger charge is -2.19. The van der Waals surface area contributed by atoms with Crippen molar-refractivity contribution < 1.29 is 4.74 Å². The average molecular weight is 250 g/mol. The molecule has 1 aromatic carbocycles. The van der Waals surface area contributed by atoms with Gasteiger partial charge in [0.25, 0.3) is 0 Å². The quantitative estimate of drug-likeness (QED) is 0.745. The lowest BCUT2D eigenvalue weighted by molar-refractivity contribution is 0.182. The van der Waals surface area contributed by atoms with E-state index in [1.54, 1.807) is 7.11 Å². The van der Waals surface area contributed by atoms with Gasteiger partial charge < -0.3 is 15.8 Å². The van der Waals surface area contributed by atoms with Gasteiger partial charge in [0.1, 0.15) is 0 Å². The smallest absolute Gasteiger partial charge is 0.0664 e. The number of anilines is 1. The second-order valence-corrected chi connectivity index (χ2v) is 5.01. The van der Waals surface area contributed by atoms with Gasteiger partial charge in [0.15, 0.2) is 0 Å². The highest BCUT2D eigenvalue weighted by molar-refractivity contribution is 5.47. The number of ether oxygens (including phenoxy) is 1. The Balaban J connectivity index is 2.64. The summed E-state index contributed by atoms with van der Waals surface area (Å²) in [7, 11) is 1.74. The topological polar surface area (TPSA) is 47.3 Å². The zero-order valence-electron chi connectivity index (χ0n) is 11.8. The SMILES string of the molecule is COCC(CCCN)Nc1cccc(C(C)C)c1. The highest BCUT2D eigenvalue weighted by Crippen LogP contribution is 2.19. The Hall–Kier alpha value is -1.06. The van der Waals surface area contributed by atoms with E-state index in [4.69, 9.17) is 10.5 Å². The van der Waals surface area contributed by atoms with E-state index >= 15 is 0 Å². The molecule has 0 fully saturated rings. The molecule has 0 aromatic heterocycles. The minimum Gasteiger partial charge on any atom is -0.383 e. The summed E-state index contributed by atoms with van der Waals surface area (Å²) in [4.78, 5) is 0. The van der Waals surface area contributed by atoms with Gasteiger partial charge in [-0.05, 0) is 43.0 Å². The summed E-state index contributed by atoms with van der Waals surface area (Å²) < 4.78 is 5.25. The van der Waals surface area contributed by atoms with Crippen LogP contribution >= 0.6 is 0 Å². The number of nitrogens with two attached hydrogens (primary N) is 1. The first kappa shape index (κ1) is 15.0. The zero-order chi connectivity index (χ0) is 13.4. The Morgan fingerprint density at radius 1 is 1.33 bits per heavy atom. The Morgan fingerprint density at radius 2 is 2.11 bits per heavy atom. The molecule has 0 radical (unpaired) electrons. The van der Waals surface area contributed by atoms with E-state index in [0.29, 0.717) is 18.6 Å². The number of benzene rings is 1. The minimum atomic E-state index is 0.334. The predicted molar refractivity (Wildman–Crippen MR) is 78.1 cm³/mol. The predicted octanol–water partition coefficient (Wildman–Crippen LogP) is 2.98. The molecular weight excluding hydrogens is 224 g/mol. The molecule has 0 amide bonds. The fourth-order valence-corrected chi connectivity index (χ4v) is 1.99. The van der Waals surface area contributed by atoms with E-state index in [1.165, 1.54) is 11.3 Å². The Bertz CT molecular complexity index is 339. The maximum atomic E-state index is 5.56. The van der Waals surface area contributed by atoms with Gasteiger partial charge in [-0.1, -0.05) is 26.0 Å². The molecule has 0 heterocycles. The van der Waals surface area contributed by atoms with Crippen LogP contribution in [0.4, 0.5) is 5.69 Å². The van der Waals surface area contributed by atoms with Crippen molar-refractivity contribution in [2.24, 2.45) is 5.73 Å². The van der Waals surface area contributed by atoms with Crippen molar-refractivity contribution in [2.75, 3.05) is 25.6 Å². The van der Waals surface area contributed by atoms with Crippen LogP contribution < -0.4 is 11.1 Å². The lowest BCUT2D eigenvalue weighted by Crippen LogP contribution is -2.25. The minimum absolute atomic E-state index is 0.334. The van der Waals surface area contributed by atoms with Crippen molar-refractivity contribution in [3.05, 3.63) is 29.8 Å². The maximum Gasteiger partial charge on any atom is 0.0664 e. The lowest BCUT2D eigenvalue weighted by atomic mass is 10.0. The fraction of sp³-hybridized carbons (Fsp3) is 0.600. The summed E-state index contributed by atoms with van der Waals surface area (Å²) >= 11 is 0. The largest absolute Gasteiger partial charge is 0.383 e. The van der Waals surface area contributed by atoms with Crippen molar-refractivity contribution >= 4 is 5.69 Å². The molecule has 0 aliphatic rings. The molecule has 3 nitrogen and oxygen atoms in total. The van der Waals surface area contributed by atoms with Gasteiger partial charge in [-0.2, -0.15) is 0 Å². The second kappa shape index (κ2) is 8.11. The van der Waals surface area contributed by atoms with Crippen LogP contribution in [0.15, 0.2) is 24.3 Å². The standard InChI is InChI=1S/C15H26N2O/c1-12(2)13-6-4-7-14(10-13)17-15(11-18-3)8-5-9-16/h4,6-7,10,12,15,17H,5,8-9,11,16H2,1-3H3. The second-order valence-electron chi connectivity index (χ2n) is 5.01. The van der Waals surface area contributed by atoms with Gasteiger partial charge in [-0.3, -0.25) is 0 Å². The number of hydrogen-bond acceptors (Lipinski definition) is 3. The van der Waals surface area contributed by atoms with Gasteiger partial charge in [0.2, 0.25) is 0 Å². The van der Waals surface area contributed by atoms with Crippen molar-refractivity contribution in [3.63, 3.8) is 0 Å². The molecule has 102 valence electrons. The Labute approximate surface area is 111 Å². The molecule has 1 unspecified atom stereocenters. The summed E-state index contributed by atoms with van der Waals surface area (Å²) in [5.41, 5.74) is 8.08. The molecule has 1 rings (SSSR count). The van der Waals surface area contributed by atoms with Crippen molar-refractivity contribution in [1.82, 2.24) is 0 Å². The fourth-order valence-electron chi connectivity index (χ4n) is 1.99. The van der Waals surface area contributed by atoms with Gasteiger partial charge >= 0.3 is 0 Å². The van der Waals surface area contributed by atoms with Crippen LogP contribution in [0.5, 0.6) is 0 Å². The van der Waals surface area contributed by atoms with E-state index in [1.807, 2.05) is 0 Å². The number of rotatable bonds is 8. The Morgan fingerprint density at radius 3 is 2.72 bits per heavy atom. The Kier molecular flexibility index (Phi) is 6.76. The van der Waals surface area contributed by atoms with Crippen LogP contribution in [0, 0.1) is 0 Å². The van der Waals surface area contributed by atoms with E-state index in [0.717, 1.165) is 19.4 Å². The van der Waals surface area contributed by atoms with Crippen molar-refractivity contribution in [1.29, 1.82) is 0 Å². The van der Waals surface area contributed by atoms with E-state index < -0.39 is 0 Å². The van der Waals surface area contributed by atoms with Crippen molar-refractivity contribution in [2.45, 2.75) is 38.6 Å². The van der Waals surface area contributed by atoms with Crippen LogP contribution in [-0.4, -0.2) is 26.3 Å². The van der Waals surface area contributed by atoms with Crippen LogP contribution in [0.25, 0.3) is 0 Å². The molecule has 0 aliphatic heterocycles. The van der Waals surface area contributed by atoms with Gasteiger partial charge in [0.05, 0.1) is 6.61 Å². The average Bonchev–Trinajstić information content (AvgIpc) is 2.36. The molecule has 3 N–H and O–H groups in total. The van der Waals surface area contributed by atoms with Crippen LogP contribution in [0.2, 0.25) is 0 Å². The number of nitrogens with one attached hydrogen (secondary N) is 1. The highest BCUT2D eigenvalue weighted by atomic mass is 16.5. The maximum absolute atomic E-state index is 5.56. The first-order valence-electron chi connectivity index (χ1n) is 6.73. The summed E-state index contributed by atoms with van der Waals surface area (Å²) in [5, 5.41) is 3.53. The molecule has 0 aliphatic carbocycles. The van der Waals surface area contributed by atoms with Crippen LogP contribution in [0.1, 0.15) is 38.2 Å². The molecule has 18 heavy (non-hydrogen) atoms. The molecule has 0 spiro atoms. The number of methoxy groups -OCH3 is 1. The summed E-state index contributed by atoms with van der Waals surface area (Å²) in [5.74, 6) is 0.552. The third kappa shape index (κ3) is 5.07. The monoisotopic (exact) mass is 250 g/mol. The molecule has 0 saturated carbocycles. The highest BCUT2D eigenvalue weighted by Gasteiger charge is 2.08. The summed E-state index contributed by atoms with van der Waals surface area (Å²) in [6, 6.07) is 8.93. The third-order valence-corrected chi connectivity index (χ3v) is 3.05. The van der Waals surface area contributed by atoms with Gasteiger partial charge in [-0.15, -0.1) is 0 Å². The number of hydrogen-bond donors (Lipinski definition) is 2. The molecule has 1 aromatic rings. The first-order chi connectivity index (χ1) is 8.67. The molecular formula is C15H26N2O. The van der Waals surface area contributed by atoms with E-state index in [-0.39, 0.29) is 0 Å². The normalized spacial score (nSPS) is 12.7. The first-order valence-corrected chi connectivity index (χ1v) is 6.73. The third-order valence-electron chi connectivity index (χ3n) is 3.05.